The summed E-state index contributed by atoms with van der Waals surface area (Å²) in [7, 11) is 1.75. The molecule has 0 aliphatic carbocycles. The van der Waals surface area contributed by atoms with Crippen LogP contribution in [0.4, 0.5) is 5.69 Å². The Morgan fingerprint density at radius 1 is 1.25 bits per heavy atom. The average molecular weight is 346 g/mol. The van der Waals surface area contributed by atoms with Crippen molar-refractivity contribution in [2.24, 2.45) is 4.99 Å². The predicted molar refractivity (Wildman–Crippen MR) is 97.5 cm³/mol. The first-order valence-electron chi connectivity index (χ1n) is 7.96. The first-order chi connectivity index (χ1) is 11.7. The zero-order valence-corrected chi connectivity index (χ0v) is 15.0. The molecule has 1 aromatic heterocycles. The Bertz CT molecular complexity index is 723. The molecule has 0 saturated heterocycles. The summed E-state index contributed by atoms with van der Waals surface area (Å²) in [5.74, 6) is 2.24. The molecule has 7 heteroatoms. The molecule has 2 heterocycles. The van der Waals surface area contributed by atoms with Gasteiger partial charge in [0.15, 0.2) is 17.5 Å². The van der Waals surface area contributed by atoms with E-state index < -0.39 is 0 Å². The molecule has 6 nitrogen and oxygen atoms in total. The SMILES string of the molecule is CN=C(NCc1nc(C)c(C)s1)Nc1ccc2c(c1)OCCCO2. The van der Waals surface area contributed by atoms with Crippen LogP contribution in [0.25, 0.3) is 0 Å². The lowest BCUT2D eigenvalue weighted by molar-refractivity contribution is 0.297. The Labute approximate surface area is 145 Å². The first kappa shape index (κ1) is 16.6. The molecule has 2 aromatic rings. The van der Waals surface area contributed by atoms with E-state index in [9.17, 15) is 0 Å². The fraction of sp³-hybridized carbons (Fsp3) is 0.412. The Morgan fingerprint density at radius 3 is 2.75 bits per heavy atom. The fourth-order valence-electron chi connectivity index (χ4n) is 2.33. The molecule has 1 aliphatic rings. The summed E-state index contributed by atoms with van der Waals surface area (Å²) in [5.41, 5.74) is 1.99. The molecule has 0 radical (unpaired) electrons. The number of aliphatic imine (C=N–C) groups is 1. The van der Waals surface area contributed by atoms with Gasteiger partial charge in [0.05, 0.1) is 25.5 Å². The molecule has 0 fully saturated rings. The number of nitrogens with zero attached hydrogens (tertiary/aromatic N) is 2. The first-order valence-corrected chi connectivity index (χ1v) is 8.77. The van der Waals surface area contributed by atoms with Crippen molar-refractivity contribution in [3.8, 4) is 11.5 Å². The Hall–Kier alpha value is -2.28. The highest BCUT2D eigenvalue weighted by Crippen LogP contribution is 2.32. The Kier molecular flexibility index (Phi) is 5.20. The monoisotopic (exact) mass is 346 g/mol. The van der Waals surface area contributed by atoms with Crippen molar-refractivity contribution in [2.45, 2.75) is 26.8 Å². The molecule has 0 bridgehead atoms. The third kappa shape index (κ3) is 3.97. The molecule has 24 heavy (non-hydrogen) atoms. The minimum Gasteiger partial charge on any atom is -0.490 e. The van der Waals surface area contributed by atoms with Gasteiger partial charge in [-0.3, -0.25) is 4.99 Å². The lowest BCUT2D eigenvalue weighted by Crippen LogP contribution is -2.30. The van der Waals surface area contributed by atoms with Crippen LogP contribution in [0.2, 0.25) is 0 Å². The summed E-state index contributed by atoms with van der Waals surface area (Å²) < 4.78 is 11.4. The van der Waals surface area contributed by atoms with Crippen molar-refractivity contribution >= 4 is 23.0 Å². The van der Waals surface area contributed by atoms with Crippen LogP contribution in [0.3, 0.4) is 0 Å². The standard InChI is InChI=1S/C17H22N4O2S/c1-11-12(2)24-16(20-11)10-19-17(18-3)21-13-5-6-14-15(9-13)23-8-4-7-22-14/h5-6,9H,4,7-8,10H2,1-3H3,(H2,18,19,21). The van der Waals surface area contributed by atoms with Gasteiger partial charge in [-0.15, -0.1) is 11.3 Å². The summed E-state index contributed by atoms with van der Waals surface area (Å²) in [6.45, 7) is 6.12. The molecule has 2 N–H and O–H groups in total. The van der Waals surface area contributed by atoms with Gasteiger partial charge in [-0.2, -0.15) is 0 Å². The van der Waals surface area contributed by atoms with Crippen LogP contribution in [0, 0.1) is 13.8 Å². The third-order valence-electron chi connectivity index (χ3n) is 3.71. The molecule has 1 aliphatic heterocycles. The van der Waals surface area contributed by atoms with E-state index >= 15 is 0 Å². The van der Waals surface area contributed by atoms with E-state index in [2.05, 4.69) is 27.5 Å². The van der Waals surface area contributed by atoms with E-state index in [0.29, 0.717) is 25.7 Å². The highest BCUT2D eigenvalue weighted by atomic mass is 32.1. The van der Waals surface area contributed by atoms with Gasteiger partial charge in [-0.05, 0) is 26.0 Å². The number of anilines is 1. The van der Waals surface area contributed by atoms with Crippen molar-refractivity contribution < 1.29 is 9.47 Å². The Balaban J connectivity index is 1.64. The van der Waals surface area contributed by atoms with Crippen LogP contribution in [-0.2, 0) is 6.54 Å². The maximum Gasteiger partial charge on any atom is 0.195 e. The Morgan fingerprint density at radius 2 is 2.04 bits per heavy atom. The van der Waals surface area contributed by atoms with Gasteiger partial charge in [0, 0.05) is 30.1 Å². The second-order valence-corrected chi connectivity index (χ2v) is 6.80. The molecular weight excluding hydrogens is 324 g/mol. The second kappa shape index (κ2) is 7.53. The van der Waals surface area contributed by atoms with Crippen LogP contribution in [0.5, 0.6) is 11.5 Å². The number of ether oxygens (including phenoxy) is 2. The highest BCUT2D eigenvalue weighted by Gasteiger charge is 2.11. The van der Waals surface area contributed by atoms with Crippen LogP contribution in [0.15, 0.2) is 23.2 Å². The summed E-state index contributed by atoms with van der Waals surface area (Å²) >= 11 is 1.70. The molecule has 0 atom stereocenters. The maximum absolute atomic E-state index is 5.72. The van der Waals surface area contributed by atoms with Gasteiger partial charge in [-0.25, -0.2) is 4.98 Å². The molecule has 0 unspecified atom stereocenters. The smallest absolute Gasteiger partial charge is 0.195 e. The number of rotatable bonds is 3. The van der Waals surface area contributed by atoms with Crippen molar-refractivity contribution in [1.82, 2.24) is 10.3 Å². The van der Waals surface area contributed by atoms with Gasteiger partial charge < -0.3 is 20.1 Å². The zero-order valence-electron chi connectivity index (χ0n) is 14.2. The molecule has 128 valence electrons. The molecule has 0 saturated carbocycles. The lowest BCUT2D eigenvalue weighted by atomic mass is 10.3. The molecule has 3 rings (SSSR count). The number of nitrogens with one attached hydrogen (secondary N) is 2. The van der Waals surface area contributed by atoms with Crippen molar-refractivity contribution in [2.75, 3.05) is 25.6 Å². The number of hydrogen-bond acceptors (Lipinski definition) is 5. The number of aryl methyl sites for hydroxylation is 2. The number of hydrogen-bond donors (Lipinski definition) is 2. The topological polar surface area (TPSA) is 67.8 Å². The molecule has 1 aromatic carbocycles. The normalized spacial score (nSPS) is 14.2. The minimum absolute atomic E-state index is 0.642. The second-order valence-electron chi connectivity index (χ2n) is 5.51. The predicted octanol–water partition coefficient (Wildman–Crippen LogP) is 3.11. The van der Waals surface area contributed by atoms with E-state index in [1.54, 1.807) is 18.4 Å². The van der Waals surface area contributed by atoms with Crippen LogP contribution in [-0.4, -0.2) is 31.2 Å². The number of guanidine groups is 1. The zero-order chi connectivity index (χ0) is 16.9. The van der Waals surface area contributed by atoms with Gasteiger partial charge >= 0.3 is 0 Å². The van der Waals surface area contributed by atoms with E-state index in [1.807, 2.05) is 25.1 Å². The maximum atomic E-state index is 5.72. The number of fused-ring (bicyclic) bond motifs is 1. The van der Waals surface area contributed by atoms with Crippen LogP contribution >= 0.6 is 11.3 Å². The molecule has 0 spiro atoms. The summed E-state index contributed by atoms with van der Waals surface area (Å²) in [6, 6.07) is 5.81. The van der Waals surface area contributed by atoms with Gasteiger partial charge in [-0.1, -0.05) is 0 Å². The quantitative estimate of drug-likeness (QED) is 0.660. The third-order valence-corrected chi connectivity index (χ3v) is 4.79. The lowest BCUT2D eigenvalue weighted by Gasteiger charge is -2.13. The summed E-state index contributed by atoms with van der Waals surface area (Å²) in [5, 5.41) is 7.60. The summed E-state index contributed by atoms with van der Waals surface area (Å²) in [6.07, 6.45) is 0.896. The largest absolute Gasteiger partial charge is 0.490 e. The van der Waals surface area contributed by atoms with E-state index in [0.717, 1.165) is 34.3 Å². The number of aromatic nitrogens is 1. The average Bonchev–Trinajstić information content (AvgIpc) is 2.77. The number of benzene rings is 1. The van der Waals surface area contributed by atoms with E-state index in [4.69, 9.17) is 9.47 Å². The van der Waals surface area contributed by atoms with Gasteiger partial charge in [0.25, 0.3) is 0 Å². The molecular formula is C17H22N4O2S. The number of thiazole rings is 1. The summed E-state index contributed by atoms with van der Waals surface area (Å²) in [4.78, 5) is 10.0. The van der Waals surface area contributed by atoms with Crippen molar-refractivity contribution in [1.29, 1.82) is 0 Å². The van der Waals surface area contributed by atoms with E-state index in [-0.39, 0.29) is 0 Å². The van der Waals surface area contributed by atoms with Crippen molar-refractivity contribution in [3.05, 3.63) is 33.8 Å². The van der Waals surface area contributed by atoms with Gasteiger partial charge in [0.1, 0.15) is 5.01 Å². The highest BCUT2D eigenvalue weighted by molar-refractivity contribution is 7.11. The van der Waals surface area contributed by atoms with Gasteiger partial charge in [0.2, 0.25) is 0 Å². The van der Waals surface area contributed by atoms with E-state index in [1.165, 1.54) is 4.88 Å². The van der Waals surface area contributed by atoms with Crippen LogP contribution < -0.4 is 20.1 Å². The minimum atomic E-state index is 0.642. The fourth-order valence-corrected chi connectivity index (χ4v) is 3.20. The van der Waals surface area contributed by atoms with Crippen molar-refractivity contribution in [3.63, 3.8) is 0 Å². The van der Waals surface area contributed by atoms with Crippen LogP contribution in [0.1, 0.15) is 22.0 Å². The molecule has 0 amide bonds.